The predicted octanol–water partition coefficient (Wildman–Crippen LogP) is 0.404. The molecule has 0 spiro atoms. The van der Waals surface area contributed by atoms with Crippen molar-refractivity contribution >= 4 is 5.91 Å². The molecule has 0 radical (unpaired) electrons. The summed E-state index contributed by atoms with van der Waals surface area (Å²) >= 11 is 0. The molecule has 17 heavy (non-hydrogen) atoms. The normalized spacial score (nSPS) is 12.2. The van der Waals surface area contributed by atoms with Gasteiger partial charge in [-0.15, -0.1) is 0 Å². The van der Waals surface area contributed by atoms with E-state index >= 15 is 0 Å². The van der Waals surface area contributed by atoms with Gasteiger partial charge in [0.15, 0.2) is 0 Å². The Morgan fingerprint density at radius 3 is 2.82 bits per heavy atom. The van der Waals surface area contributed by atoms with Crippen LogP contribution < -0.4 is 5.73 Å². The van der Waals surface area contributed by atoms with Crippen LogP contribution in [-0.2, 0) is 16.1 Å². The predicted molar refractivity (Wildman–Crippen MR) is 65.2 cm³/mol. The summed E-state index contributed by atoms with van der Waals surface area (Å²) in [5.41, 5.74) is 6.34. The molecule has 0 bridgehead atoms. The van der Waals surface area contributed by atoms with Crippen molar-refractivity contribution in [2.24, 2.45) is 5.73 Å². The van der Waals surface area contributed by atoms with E-state index < -0.39 is 6.10 Å². The second-order valence-electron chi connectivity index (χ2n) is 3.63. The molecular weight excluding hydrogens is 218 g/mol. The maximum absolute atomic E-state index is 12.0. The van der Waals surface area contributed by atoms with E-state index in [4.69, 9.17) is 10.5 Å². The molecule has 5 nitrogen and oxygen atoms in total. The van der Waals surface area contributed by atoms with Gasteiger partial charge in [-0.1, -0.05) is 6.07 Å². The van der Waals surface area contributed by atoms with E-state index in [1.54, 1.807) is 11.1 Å². The Hall–Kier alpha value is -1.46. The zero-order valence-corrected chi connectivity index (χ0v) is 10.3. The molecule has 1 aromatic heterocycles. The van der Waals surface area contributed by atoms with Crippen molar-refractivity contribution in [3.05, 3.63) is 30.1 Å². The number of rotatable bonds is 6. The minimum atomic E-state index is -0.571. The van der Waals surface area contributed by atoms with Crippen molar-refractivity contribution in [2.75, 3.05) is 20.2 Å². The molecule has 0 aromatic carbocycles. The summed E-state index contributed by atoms with van der Waals surface area (Å²) in [6, 6.07) is 5.64. The molecule has 0 aliphatic carbocycles. The molecule has 5 heteroatoms. The summed E-state index contributed by atoms with van der Waals surface area (Å²) in [5, 5.41) is 0. The number of carbonyl (C=O) groups is 1. The van der Waals surface area contributed by atoms with Crippen LogP contribution in [0.2, 0.25) is 0 Å². The largest absolute Gasteiger partial charge is 0.370 e. The Bertz CT molecular complexity index is 339. The number of nitrogens with zero attached hydrogens (tertiary/aromatic N) is 2. The first-order valence-electron chi connectivity index (χ1n) is 5.64. The smallest absolute Gasteiger partial charge is 0.253 e. The fourth-order valence-electron chi connectivity index (χ4n) is 1.53. The second kappa shape index (κ2) is 6.98. The van der Waals surface area contributed by atoms with Crippen LogP contribution in [0, 0.1) is 0 Å². The van der Waals surface area contributed by atoms with E-state index in [2.05, 4.69) is 4.98 Å². The van der Waals surface area contributed by atoms with Gasteiger partial charge >= 0.3 is 0 Å². The van der Waals surface area contributed by atoms with Crippen molar-refractivity contribution in [3.63, 3.8) is 0 Å². The Labute approximate surface area is 102 Å². The molecule has 1 rings (SSSR count). The number of methoxy groups -OCH3 is 1. The molecule has 0 aliphatic heterocycles. The molecule has 0 fully saturated rings. The number of carbonyl (C=O) groups excluding carboxylic acids is 1. The van der Waals surface area contributed by atoms with Crippen molar-refractivity contribution in [3.8, 4) is 0 Å². The number of aromatic nitrogens is 1. The monoisotopic (exact) mass is 237 g/mol. The molecule has 1 atom stereocenters. The van der Waals surface area contributed by atoms with Crippen molar-refractivity contribution in [1.82, 2.24) is 9.88 Å². The van der Waals surface area contributed by atoms with E-state index in [1.807, 2.05) is 25.1 Å². The SMILES string of the molecule is CCN(Cc1ccccn1)C(=O)C(CN)OC. The van der Waals surface area contributed by atoms with E-state index in [-0.39, 0.29) is 12.5 Å². The lowest BCUT2D eigenvalue weighted by Crippen LogP contribution is -2.43. The summed E-state index contributed by atoms with van der Waals surface area (Å²) in [6.45, 7) is 3.20. The zero-order valence-electron chi connectivity index (χ0n) is 10.3. The number of hydrogen-bond acceptors (Lipinski definition) is 4. The maximum Gasteiger partial charge on any atom is 0.253 e. The van der Waals surface area contributed by atoms with Crippen LogP contribution in [0.3, 0.4) is 0 Å². The Morgan fingerprint density at radius 1 is 1.59 bits per heavy atom. The number of hydrogen-bond donors (Lipinski definition) is 1. The van der Waals surface area contributed by atoms with Gasteiger partial charge in [-0.3, -0.25) is 9.78 Å². The standard InChI is InChI=1S/C12H19N3O2/c1-3-15(12(16)11(8-13)17-2)9-10-6-4-5-7-14-10/h4-7,11H,3,8-9,13H2,1-2H3. The molecule has 1 heterocycles. The molecule has 1 amide bonds. The summed E-state index contributed by atoms with van der Waals surface area (Å²) < 4.78 is 5.05. The highest BCUT2D eigenvalue weighted by Gasteiger charge is 2.21. The van der Waals surface area contributed by atoms with Crippen LogP contribution in [0.15, 0.2) is 24.4 Å². The summed E-state index contributed by atoms with van der Waals surface area (Å²) in [7, 11) is 1.49. The highest BCUT2D eigenvalue weighted by molar-refractivity contribution is 5.81. The number of ether oxygens (including phenoxy) is 1. The van der Waals surface area contributed by atoms with Gasteiger partial charge < -0.3 is 15.4 Å². The van der Waals surface area contributed by atoms with Gasteiger partial charge in [-0.05, 0) is 19.1 Å². The van der Waals surface area contributed by atoms with Crippen LogP contribution in [0.25, 0.3) is 0 Å². The molecule has 0 saturated heterocycles. The van der Waals surface area contributed by atoms with Gasteiger partial charge in [-0.25, -0.2) is 0 Å². The lowest BCUT2D eigenvalue weighted by Gasteiger charge is -2.24. The molecule has 1 aromatic rings. The third-order valence-electron chi connectivity index (χ3n) is 2.55. The number of likely N-dealkylation sites (N-methyl/N-ethyl adjacent to an activating group) is 1. The van der Waals surface area contributed by atoms with Gasteiger partial charge in [0.1, 0.15) is 6.10 Å². The number of pyridine rings is 1. The van der Waals surface area contributed by atoms with E-state index in [1.165, 1.54) is 7.11 Å². The summed E-state index contributed by atoms with van der Waals surface area (Å²) in [6.07, 6.45) is 1.14. The van der Waals surface area contributed by atoms with Gasteiger partial charge in [-0.2, -0.15) is 0 Å². The zero-order chi connectivity index (χ0) is 12.7. The minimum Gasteiger partial charge on any atom is -0.370 e. The number of nitrogens with two attached hydrogens (primary N) is 1. The summed E-state index contributed by atoms with van der Waals surface area (Å²) in [4.78, 5) is 17.9. The fraction of sp³-hybridized carbons (Fsp3) is 0.500. The van der Waals surface area contributed by atoms with Crippen LogP contribution in [0.5, 0.6) is 0 Å². The lowest BCUT2D eigenvalue weighted by atomic mass is 10.2. The van der Waals surface area contributed by atoms with Gasteiger partial charge in [0, 0.05) is 26.4 Å². The first-order valence-corrected chi connectivity index (χ1v) is 5.64. The first-order chi connectivity index (χ1) is 8.22. The lowest BCUT2D eigenvalue weighted by molar-refractivity contribution is -0.141. The Balaban J connectivity index is 2.68. The van der Waals surface area contributed by atoms with Gasteiger partial charge in [0.05, 0.1) is 12.2 Å². The van der Waals surface area contributed by atoms with E-state index in [0.29, 0.717) is 13.1 Å². The van der Waals surface area contributed by atoms with Gasteiger partial charge in [0.25, 0.3) is 5.91 Å². The van der Waals surface area contributed by atoms with E-state index in [0.717, 1.165) is 5.69 Å². The molecule has 2 N–H and O–H groups in total. The molecular formula is C12H19N3O2. The molecule has 0 aliphatic rings. The topological polar surface area (TPSA) is 68.5 Å². The van der Waals surface area contributed by atoms with Crippen molar-refractivity contribution < 1.29 is 9.53 Å². The second-order valence-corrected chi connectivity index (χ2v) is 3.63. The fourth-order valence-corrected chi connectivity index (χ4v) is 1.53. The average Bonchev–Trinajstić information content (AvgIpc) is 2.38. The first kappa shape index (κ1) is 13.6. The van der Waals surface area contributed by atoms with Crippen molar-refractivity contribution in [2.45, 2.75) is 19.6 Å². The van der Waals surface area contributed by atoms with Crippen LogP contribution in [0.4, 0.5) is 0 Å². The van der Waals surface area contributed by atoms with E-state index in [9.17, 15) is 4.79 Å². The molecule has 1 unspecified atom stereocenters. The maximum atomic E-state index is 12.0. The quantitative estimate of drug-likeness (QED) is 0.777. The highest BCUT2D eigenvalue weighted by atomic mass is 16.5. The Morgan fingerprint density at radius 2 is 2.35 bits per heavy atom. The third-order valence-corrected chi connectivity index (χ3v) is 2.55. The average molecular weight is 237 g/mol. The third kappa shape index (κ3) is 3.80. The van der Waals surface area contributed by atoms with Crippen LogP contribution >= 0.6 is 0 Å². The van der Waals surface area contributed by atoms with Gasteiger partial charge in [0.2, 0.25) is 0 Å². The molecule has 0 saturated carbocycles. The van der Waals surface area contributed by atoms with Crippen LogP contribution in [0.1, 0.15) is 12.6 Å². The van der Waals surface area contributed by atoms with Crippen LogP contribution in [-0.4, -0.2) is 42.1 Å². The number of amides is 1. The van der Waals surface area contributed by atoms with Crippen molar-refractivity contribution in [1.29, 1.82) is 0 Å². The Kier molecular flexibility index (Phi) is 5.59. The minimum absolute atomic E-state index is 0.0943. The highest BCUT2D eigenvalue weighted by Crippen LogP contribution is 2.04. The summed E-state index contributed by atoms with van der Waals surface area (Å²) in [5.74, 6) is -0.0943. The molecule has 94 valence electrons.